The summed E-state index contributed by atoms with van der Waals surface area (Å²) in [6.07, 6.45) is -0.160. The molecule has 0 spiro atoms. The molecule has 3 atom stereocenters. The van der Waals surface area contributed by atoms with Gasteiger partial charge in [-0.2, -0.15) is 0 Å². The van der Waals surface area contributed by atoms with E-state index in [4.69, 9.17) is 14.6 Å². The van der Waals surface area contributed by atoms with Gasteiger partial charge in [0.25, 0.3) is 0 Å². The van der Waals surface area contributed by atoms with Crippen LogP contribution in [0.4, 0.5) is 0 Å². The van der Waals surface area contributed by atoms with Crippen molar-refractivity contribution < 1.29 is 14.6 Å². The molecule has 0 amide bonds. The molecule has 0 saturated carbocycles. The molecule has 2 heterocycles. The van der Waals surface area contributed by atoms with Crippen molar-refractivity contribution in [2.24, 2.45) is 4.99 Å². The number of aliphatic imine (C=N–C) groups is 1. The van der Waals surface area contributed by atoms with Gasteiger partial charge in [0.2, 0.25) is 0 Å². The maximum absolute atomic E-state index is 9.06. The fraction of sp³-hybridized carbons (Fsp3) is 0.889. The fourth-order valence-corrected chi connectivity index (χ4v) is 1.95. The van der Waals surface area contributed by atoms with E-state index in [-0.39, 0.29) is 24.9 Å². The Morgan fingerprint density at radius 2 is 2.15 bits per heavy atom. The first-order valence-electron chi connectivity index (χ1n) is 4.54. The lowest BCUT2D eigenvalue weighted by atomic mass is 10.1. The van der Waals surface area contributed by atoms with E-state index < -0.39 is 5.79 Å². The molecule has 1 fully saturated rings. The van der Waals surface area contributed by atoms with Gasteiger partial charge in [0.05, 0.1) is 6.61 Å². The van der Waals surface area contributed by atoms with Gasteiger partial charge in [-0.25, -0.2) is 0 Å². The Morgan fingerprint density at radius 3 is 2.77 bits per heavy atom. The molecule has 74 valence electrons. The molecule has 2 aliphatic rings. The third kappa shape index (κ3) is 1.39. The van der Waals surface area contributed by atoms with Crippen molar-refractivity contribution in [2.45, 2.75) is 44.8 Å². The van der Waals surface area contributed by atoms with E-state index in [2.05, 4.69) is 4.99 Å². The fourth-order valence-electron chi connectivity index (χ4n) is 1.95. The van der Waals surface area contributed by atoms with Crippen LogP contribution < -0.4 is 0 Å². The van der Waals surface area contributed by atoms with Crippen LogP contribution in [-0.2, 0) is 9.47 Å². The molecule has 0 bridgehead atoms. The molecular weight excluding hydrogens is 170 g/mol. The van der Waals surface area contributed by atoms with Gasteiger partial charge in [0.15, 0.2) is 5.79 Å². The van der Waals surface area contributed by atoms with Crippen LogP contribution in [0.1, 0.15) is 20.8 Å². The molecule has 0 aromatic rings. The summed E-state index contributed by atoms with van der Waals surface area (Å²) in [5.74, 6) is -0.542. The normalized spacial score (nSPS) is 41.8. The van der Waals surface area contributed by atoms with Crippen LogP contribution in [0.3, 0.4) is 0 Å². The standard InChI is InChI=1S/C9H15NO3/c1-5-7-8(6(4-11)10-5)13-9(2,3)12-7/h6-8,11H,4H2,1-3H3/t6-,7+,8-/m1/s1. The number of hydrogen-bond acceptors (Lipinski definition) is 4. The molecule has 0 aromatic heterocycles. The van der Waals surface area contributed by atoms with E-state index in [1.807, 2.05) is 20.8 Å². The molecule has 13 heavy (non-hydrogen) atoms. The number of aliphatic hydroxyl groups excluding tert-OH is 1. The molecule has 1 N–H and O–H groups in total. The van der Waals surface area contributed by atoms with Crippen LogP contribution in [0.5, 0.6) is 0 Å². The van der Waals surface area contributed by atoms with Crippen molar-refractivity contribution in [3.05, 3.63) is 0 Å². The third-order valence-electron chi connectivity index (χ3n) is 2.48. The van der Waals surface area contributed by atoms with Crippen LogP contribution in [0, 0.1) is 0 Å². The van der Waals surface area contributed by atoms with Crippen molar-refractivity contribution in [1.82, 2.24) is 0 Å². The van der Waals surface area contributed by atoms with Crippen LogP contribution >= 0.6 is 0 Å². The van der Waals surface area contributed by atoms with Gasteiger partial charge in [0.1, 0.15) is 18.2 Å². The van der Waals surface area contributed by atoms with Gasteiger partial charge >= 0.3 is 0 Å². The molecule has 0 aromatic carbocycles. The van der Waals surface area contributed by atoms with Crippen molar-refractivity contribution in [3.63, 3.8) is 0 Å². The maximum atomic E-state index is 9.06. The predicted octanol–water partition coefficient (Wildman–Crippen LogP) is 0.342. The Morgan fingerprint density at radius 1 is 1.46 bits per heavy atom. The average molecular weight is 185 g/mol. The lowest BCUT2D eigenvalue weighted by Crippen LogP contribution is -2.32. The van der Waals surface area contributed by atoms with Gasteiger partial charge in [0, 0.05) is 5.71 Å². The van der Waals surface area contributed by atoms with E-state index >= 15 is 0 Å². The average Bonchev–Trinajstić information content (AvgIpc) is 2.47. The summed E-state index contributed by atoms with van der Waals surface area (Å²) in [4.78, 5) is 4.27. The summed E-state index contributed by atoms with van der Waals surface area (Å²) in [5, 5.41) is 9.06. The van der Waals surface area contributed by atoms with Crippen LogP contribution in [0.15, 0.2) is 4.99 Å². The zero-order valence-corrected chi connectivity index (χ0v) is 8.15. The van der Waals surface area contributed by atoms with E-state index in [0.29, 0.717) is 0 Å². The van der Waals surface area contributed by atoms with Crippen LogP contribution in [-0.4, -0.2) is 41.5 Å². The summed E-state index contributed by atoms with van der Waals surface area (Å²) in [7, 11) is 0. The number of fused-ring (bicyclic) bond motifs is 1. The summed E-state index contributed by atoms with van der Waals surface area (Å²) in [5.41, 5.74) is 0.926. The SMILES string of the molecule is CC1=N[C@H](CO)[C@H]2OC(C)(C)O[C@@H]12. The first-order chi connectivity index (χ1) is 6.03. The second kappa shape index (κ2) is 2.77. The molecule has 0 unspecified atom stereocenters. The van der Waals surface area contributed by atoms with E-state index in [9.17, 15) is 0 Å². The smallest absolute Gasteiger partial charge is 0.164 e. The molecule has 2 aliphatic heterocycles. The first kappa shape index (κ1) is 9.12. The Kier molecular flexibility index (Phi) is 1.94. The van der Waals surface area contributed by atoms with Crippen molar-refractivity contribution in [2.75, 3.05) is 6.61 Å². The Labute approximate surface area is 77.6 Å². The zero-order valence-electron chi connectivity index (χ0n) is 8.15. The summed E-state index contributed by atoms with van der Waals surface area (Å²) < 4.78 is 11.3. The van der Waals surface area contributed by atoms with Gasteiger partial charge < -0.3 is 14.6 Å². The van der Waals surface area contributed by atoms with Gasteiger partial charge in [-0.15, -0.1) is 0 Å². The minimum atomic E-state index is -0.542. The number of ether oxygens (including phenoxy) is 2. The second-order valence-corrected chi connectivity index (χ2v) is 4.04. The lowest BCUT2D eigenvalue weighted by Gasteiger charge is -2.19. The number of aliphatic hydroxyl groups is 1. The van der Waals surface area contributed by atoms with Crippen molar-refractivity contribution in [1.29, 1.82) is 0 Å². The predicted molar refractivity (Wildman–Crippen MR) is 47.8 cm³/mol. The molecular formula is C9H15NO3. The van der Waals surface area contributed by atoms with Gasteiger partial charge in [-0.1, -0.05) is 0 Å². The molecule has 0 radical (unpaired) electrons. The highest BCUT2D eigenvalue weighted by atomic mass is 16.8. The maximum Gasteiger partial charge on any atom is 0.164 e. The molecule has 1 saturated heterocycles. The highest BCUT2D eigenvalue weighted by molar-refractivity contribution is 5.89. The molecule has 2 rings (SSSR count). The van der Waals surface area contributed by atoms with Crippen molar-refractivity contribution >= 4 is 5.71 Å². The highest BCUT2D eigenvalue weighted by Crippen LogP contribution is 2.35. The van der Waals surface area contributed by atoms with E-state index in [0.717, 1.165) is 5.71 Å². The number of rotatable bonds is 1. The highest BCUT2D eigenvalue weighted by Gasteiger charge is 2.49. The first-order valence-corrected chi connectivity index (χ1v) is 4.54. The summed E-state index contributed by atoms with van der Waals surface area (Å²) >= 11 is 0. The lowest BCUT2D eigenvalue weighted by molar-refractivity contribution is -0.146. The number of nitrogens with zero attached hydrogens (tertiary/aromatic N) is 1. The Balaban J connectivity index is 2.19. The second-order valence-electron chi connectivity index (χ2n) is 4.04. The van der Waals surface area contributed by atoms with Gasteiger partial charge in [-0.3, -0.25) is 4.99 Å². The summed E-state index contributed by atoms with van der Waals surface area (Å²) in [6.45, 7) is 5.70. The Bertz CT molecular complexity index is 249. The summed E-state index contributed by atoms with van der Waals surface area (Å²) in [6, 6.07) is -0.147. The Hall–Kier alpha value is -0.450. The third-order valence-corrected chi connectivity index (χ3v) is 2.48. The minimum Gasteiger partial charge on any atom is -0.394 e. The topological polar surface area (TPSA) is 51.1 Å². The van der Waals surface area contributed by atoms with Crippen molar-refractivity contribution in [3.8, 4) is 0 Å². The van der Waals surface area contributed by atoms with E-state index in [1.54, 1.807) is 0 Å². The minimum absolute atomic E-state index is 0.0257. The molecule has 4 nitrogen and oxygen atoms in total. The van der Waals surface area contributed by atoms with Crippen LogP contribution in [0.2, 0.25) is 0 Å². The molecule has 4 heteroatoms. The largest absolute Gasteiger partial charge is 0.394 e. The molecule has 0 aliphatic carbocycles. The van der Waals surface area contributed by atoms with Gasteiger partial charge in [-0.05, 0) is 20.8 Å². The zero-order chi connectivity index (χ0) is 9.64. The quantitative estimate of drug-likeness (QED) is 0.641. The van der Waals surface area contributed by atoms with Crippen LogP contribution in [0.25, 0.3) is 0 Å². The van der Waals surface area contributed by atoms with E-state index in [1.165, 1.54) is 0 Å². The number of hydrogen-bond donors (Lipinski definition) is 1. The monoisotopic (exact) mass is 185 g/mol.